The lowest BCUT2D eigenvalue weighted by molar-refractivity contribution is -0.0488. The maximum absolute atomic E-state index is 6.31. The highest BCUT2D eigenvalue weighted by molar-refractivity contribution is 5.71. The lowest BCUT2D eigenvalue weighted by Crippen LogP contribution is -2.46. The Bertz CT molecular complexity index is 952. The number of aryl methyl sites for hydroxylation is 2. The van der Waals surface area contributed by atoms with Crippen molar-refractivity contribution < 1.29 is 4.74 Å². The number of allylic oxidation sites excluding steroid dienone is 5. The van der Waals surface area contributed by atoms with Gasteiger partial charge >= 0.3 is 0 Å². The number of ether oxygens (including phenoxy) is 1. The molecule has 166 valence electrons. The topological polar surface area (TPSA) is 15.7 Å². The third-order valence-electron chi connectivity index (χ3n) is 7.09. The second-order valence-electron chi connectivity index (χ2n) is 9.86. The van der Waals surface area contributed by atoms with Crippen LogP contribution in [0.1, 0.15) is 57.2 Å². The van der Waals surface area contributed by atoms with Gasteiger partial charge in [0.15, 0.2) is 0 Å². The molecule has 3 heterocycles. The molecular weight excluding hydrogens is 380 g/mol. The summed E-state index contributed by atoms with van der Waals surface area (Å²) in [7, 11) is 2.22. The summed E-state index contributed by atoms with van der Waals surface area (Å²) in [6.07, 6.45) is 12.7. The summed E-state index contributed by atoms with van der Waals surface area (Å²) in [6, 6.07) is 7.46. The van der Waals surface area contributed by atoms with Crippen molar-refractivity contribution in [2.24, 2.45) is 5.92 Å². The minimum atomic E-state index is 0.210. The van der Waals surface area contributed by atoms with E-state index in [0.717, 1.165) is 26.0 Å². The molecule has 3 unspecified atom stereocenters. The molecule has 3 heteroatoms. The summed E-state index contributed by atoms with van der Waals surface area (Å²) < 4.78 is 6.31. The summed E-state index contributed by atoms with van der Waals surface area (Å²) in [6.45, 7) is 13.1. The van der Waals surface area contributed by atoms with E-state index in [1.807, 2.05) is 0 Å². The number of hydrogen-bond donors (Lipinski definition) is 0. The number of benzene rings is 1. The van der Waals surface area contributed by atoms with Gasteiger partial charge in [-0.3, -0.25) is 4.90 Å². The normalized spacial score (nSPS) is 31.4. The average Bonchev–Trinajstić information content (AvgIpc) is 2.73. The molecule has 4 rings (SSSR count). The molecule has 0 radical (unpaired) electrons. The molecule has 0 bridgehead atoms. The molecule has 0 saturated carbocycles. The first-order valence-electron chi connectivity index (χ1n) is 11.8. The molecule has 31 heavy (non-hydrogen) atoms. The van der Waals surface area contributed by atoms with E-state index in [1.165, 1.54) is 45.7 Å². The van der Waals surface area contributed by atoms with Crippen LogP contribution in [-0.4, -0.2) is 42.1 Å². The maximum Gasteiger partial charge on any atom is 0.0757 e. The third kappa shape index (κ3) is 4.88. The third-order valence-corrected chi connectivity index (χ3v) is 7.09. The minimum absolute atomic E-state index is 0.210. The highest BCUT2D eigenvalue weighted by Crippen LogP contribution is 2.36. The Morgan fingerprint density at radius 3 is 2.71 bits per heavy atom. The standard InChI is InChI=1S/C28H38N2O/c1-19-8-10-27-23(5)28(16-26-17-29(6)22(4)18-31-26)30-12-11-21(3)15-25(30)14-20(2)7-9-24(27)13-19/h8,10-15,20,22,26H,7,9,16-18H2,1-6H3/b25-14+,28-23+. The van der Waals surface area contributed by atoms with E-state index < -0.39 is 0 Å². The molecule has 3 nitrogen and oxygen atoms in total. The molecule has 3 atom stereocenters. The van der Waals surface area contributed by atoms with Crippen LogP contribution < -0.4 is 0 Å². The Hall–Kier alpha value is -2.10. The van der Waals surface area contributed by atoms with E-state index in [9.17, 15) is 0 Å². The largest absolute Gasteiger partial charge is 0.375 e. The van der Waals surface area contributed by atoms with Crippen LogP contribution in [0.2, 0.25) is 0 Å². The van der Waals surface area contributed by atoms with Crippen molar-refractivity contribution in [3.05, 3.63) is 76.3 Å². The molecule has 1 fully saturated rings. The van der Waals surface area contributed by atoms with Gasteiger partial charge in [0, 0.05) is 36.6 Å². The zero-order chi connectivity index (χ0) is 22.1. The molecule has 0 amide bonds. The summed E-state index contributed by atoms with van der Waals surface area (Å²) >= 11 is 0. The first-order valence-corrected chi connectivity index (χ1v) is 11.8. The summed E-state index contributed by atoms with van der Waals surface area (Å²) in [4.78, 5) is 4.85. The average molecular weight is 419 g/mol. The number of rotatable bonds is 2. The molecule has 1 aromatic carbocycles. The predicted octanol–water partition coefficient (Wildman–Crippen LogP) is 6.08. The van der Waals surface area contributed by atoms with Gasteiger partial charge in [-0.2, -0.15) is 0 Å². The fourth-order valence-corrected chi connectivity index (χ4v) is 4.94. The first kappa shape index (κ1) is 22.1. The monoisotopic (exact) mass is 418 g/mol. The summed E-state index contributed by atoms with van der Waals surface area (Å²) in [5.74, 6) is 0.527. The van der Waals surface area contributed by atoms with Crippen LogP contribution in [0.4, 0.5) is 0 Å². The lowest BCUT2D eigenvalue weighted by atomic mass is 9.89. The van der Waals surface area contributed by atoms with Crippen molar-refractivity contribution >= 4 is 5.57 Å². The van der Waals surface area contributed by atoms with E-state index in [4.69, 9.17) is 4.74 Å². The molecule has 0 aliphatic carbocycles. The number of likely N-dealkylation sites (N-methyl/N-ethyl adjacent to an activating group) is 1. The SMILES string of the molecule is CC1=C/C2=C\C(C)CCc3cc(C)ccc3/C(C)=C(\CC3CN(C)C(C)CO3)N2C=C1. The second-order valence-corrected chi connectivity index (χ2v) is 9.86. The highest BCUT2D eigenvalue weighted by Gasteiger charge is 2.28. The second kappa shape index (κ2) is 9.18. The van der Waals surface area contributed by atoms with Gasteiger partial charge in [-0.15, -0.1) is 0 Å². The van der Waals surface area contributed by atoms with E-state index in [1.54, 1.807) is 0 Å². The molecule has 1 saturated heterocycles. The zero-order valence-corrected chi connectivity index (χ0v) is 20.1. The molecule has 1 aromatic rings. The Balaban J connectivity index is 1.81. The Labute approximate surface area is 188 Å². The van der Waals surface area contributed by atoms with Gasteiger partial charge in [0.25, 0.3) is 0 Å². The van der Waals surface area contributed by atoms with Crippen molar-refractivity contribution in [2.75, 3.05) is 20.2 Å². The van der Waals surface area contributed by atoms with Gasteiger partial charge in [-0.25, -0.2) is 0 Å². The highest BCUT2D eigenvalue weighted by atomic mass is 16.5. The fraction of sp³-hybridized carbons (Fsp3) is 0.500. The Morgan fingerprint density at radius 2 is 1.94 bits per heavy atom. The Kier molecular flexibility index (Phi) is 6.55. The predicted molar refractivity (Wildman–Crippen MR) is 131 cm³/mol. The van der Waals surface area contributed by atoms with Gasteiger partial charge in [0.05, 0.1) is 12.7 Å². The molecule has 0 aromatic heterocycles. The van der Waals surface area contributed by atoms with E-state index in [-0.39, 0.29) is 6.10 Å². The quantitative estimate of drug-likeness (QED) is 0.579. The molecule has 0 N–H and O–H groups in total. The van der Waals surface area contributed by atoms with E-state index in [2.05, 4.69) is 94.1 Å². The number of nitrogens with zero attached hydrogens (tertiary/aromatic N) is 2. The van der Waals surface area contributed by atoms with Crippen LogP contribution in [0.3, 0.4) is 0 Å². The van der Waals surface area contributed by atoms with Crippen LogP contribution in [0, 0.1) is 12.8 Å². The minimum Gasteiger partial charge on any atom is -0.375 e. The van der Waals surface area contributed by atoms with E-state index in [0.29, 0.717) is 12.0 Å². The smallest absolute Gasteiger partial charge is 0.0757 e. The first-order chi connectivity index (χ1) is 14.8. The van der Waals surface area contributed by atoms with Gasteiger partial charge < -0.3 is 9.64 Å². The molecular formula is C28H38N2O. The van der Waals surface area contributed by atoms with Crippen LogP contribution in [0.5, 0.6) is 0 Å². The van der Waals surface area contributed by atoms with Crippen LogP contribution in [0.25, 0.3) is 5.57 Å². The van der Waals surface area contributed by atoms with Gasteiger partial charge in [-0.05, 0) is 87.9 Å². The number of hydrogen-bond acceptors (Lipinski definition) is 3. The van der Waals surface area contributed by atoms with Crippen LogP contribution in [0.15, 0.2) is 59.6 Å². The molecule has 0 spiro atoms. The van der Waals surface area contributed by atoms with Crippen molar-refractivity contribution in [2.45, 2.75) is 66.0 Å². The van der Waals surface area contributed by atoms with Crippen LogP contribution in [-0.2, 0) is 11.2 Å². The number of fused-ring (bicyclic) bond motifs is 2. The van der Waals surface area contributed by atoms with Gasteiger partial charge in [0.2, 0.25) is 0 Å². The van der Waals surface area contributed by atoms with E-state index >= 15 is 0 Å². The number of morpholine rings is 1. The Morgan fingerprint density at radius 1 is 1.13 bits per heavy atom. The van der Waals surface area contributed by atoms with Crippen molar-refractivity contribution in [3.8, 4) is 0 Å². The zero-order valence-electron chi connectivity index (χ0n) is 20.1. The maximum atomic E-state index is 6.31. The molecule has 3 aliphatic heterocycles. The van der Waals surface area contributed by atoms with Gasteiger partial charge in [0.1, 0.15) is 0 Å². The van der Waals surface area contributed by atoms with Crippen molar-refractivity contribution in [1.82, 2.24) is 9.80 Å². The molecule has 3 aliphatic rings. The summed E-state index contributed by atoms with van der Waals surface area (Å²) in [5.41, 5.74) is 9.55. The van der Waals surface area contributed by atoms with Crippen molar-refractivity contribution in [3.63, 3.8) is 0 Å². The lowest BCUT2D eigenvalue weighted by Gasteiger charge is -2.38. The van der Waals surface area contributed by atoms with Crippen LogP contribution >= 0.6 is 0 Å². The van der Waals surface area contributed by atoms with Gasteiger partial charge in [-0.1, -0.05) is 36.8 Å². The summed E-state index contributed by atoms with van der Waals surface area (Å²) in [5, 5.41) is 0. The fourth-order valence-electron chi connectivity index (χ4n) is 4.94. The van der Waals surface area contributed by atoms with Crippen molar-refractivity contribution in [1.29, 1.82) is 0 Å².